The van der Waals surface area contributed by atoms with Crippen molar-refractivity contribution in [1.82, 2.24) is 0 Å². The van der Waals surface area contributed by atoms with Gasteiger partial charge in [0, 0.05) is 0 Å². The molecule has 0 N–H and O–H groups in total. The van der Waals surface area contributed by atoms with Gasteiger partial charge in [0.2, 0.25) is 0 Å². The number of benzene rings is 1. The summed E-state index contributed by atoms with van der Waals surface area (Å²) < 4.78 is 0. The Labute approximate surface area is 178 Å². The molecule has 0 amide bonds. The van der Waals surface area contributed by atoms with Gasteiger partial charge in [-0.1, -0.05) is 105 Å². The number of hydrogen-bond acceptors (Lipinski definition) is 0. The molecular weight excluding hydrogens is 336 g/mol. The van der Waals surface area contributed by atoms with E-state index in [1.54, 1.807) is 0 Å². The summed E-state index contributed by atoms with van der Waals surface area (Å²) in [6.45, 7) is 30.9. The molecule has 0 nitrogen and oxygen atoms in total. The highest BCUT2D eigenvalue weighted by Gasteiger charge is 2.19. The lowest BCUT2D eigenvalue weighted by Crippen LogP contribution is -2.07. The first-order chi connectivity index (χ1) is 13.3. The smallest absolute Gasteiger partial charge is 0.0201 e. The van der Waals surface area contributed by atoms with Crippen LogP contribution in [0.5, 0.6) is 0 Å². The van der Waals surface area contributed by atoms with Gasteiger partial charge in [-0.25, -0.2) is 0 Å². The molecule has 0 saturated carbocycles. The van der Waals surface area contributed by atoms with Crippen LogP contribution in [-0.4, -0.2) is 0 Å². The molecule has 1 aromatic carbocycles. The lowest BCUT2D eigenvalue weighted by Gasteiger charge is -2.25. The summed E-state index contributed by atoms with van der Waals surface area (Å²) in [5.41, 5.74) is 9.12. The van der Waals surface area contributed by atoms with Crippen LogP contribution in [0.3, 0.4) is 0 Å². The minimum Gasteiger partial charge on any atom is -0.0909 e. The van der Waals surface area contributed by atoms with Crippen molar-refractivity contribution in [3.63, 3.8) is 0 Å². The third kappa shape index (κ3) is 11.8. The fourth-order valence-corrected chi connectivity index (χ4v) is 2.40. The van der Waals surface area contributed by atoms with E-state index in [0.717, 1.165) is 17.6 Å². The Morgan fingerprint density at radius 2 is 1.29 bits per heavy atom. The van der Waals surface area contributed by atoms with Crippen LogP contribution < -0.4 is 0 Å². The summed E-state index contributed by atoms with van der Waals surface area (Å²) in [6.07, 6.45) is 5.74. The molecule has 0 heterocycles. The third-order valence-electron chi connectivity index (χ3n) is 3.99. The minimum absolute atomic E-state index is 1.10. The molecule has 0 atom stereocenters. The maximum Gasteiger partial charge on any atom is -0.0201 e. The molecule has 1 aromatic rings. The van der Waals surface area contributed by atoms with Crippen LogP contribution in [0.15, 0.2) is 65.8 Å². The van der Waals surface area contributed by atoms with Crippen molar-refractivity contribution in [3.8, 4) is 0 Å². The van der Waals surface area contributed by atoms with Gasteiger partial charge in [0.1, 0.15) is 0 Å². The van der Waals surface area contributed by atoms with Crippen molar-refractivity contribution in [2.45, 2.75) is 95.4 Å². The highest BCUT2D eigenvalue weighted by atomic mass is 14.2. The van der Waals surface area contributed by atoms with E-state index >= 15 is 0 Å². The molecule has 0 radical (unpaired) electrons. The van der Waals surface area contributed by atoms with Gasteiger partial charge in [-0.05, 0) is 73.1 Å². The van der Waals surface area contributed by atoms with E-state index < -0.39 is 0 Å². The first-order valence-corrected chi connectivity index (χ1v) is 11.0. The Hall–Kier alpha value is -1.82. The fraction of sp³-hybridized carbons (Fsp3) is 0.500. The second kappa shape index (κ2) is 19.9. The summed E-state index contributed by atoms with van der Waals surface area (Å²) in [5.74, 6) is 0. The lowest BCUT2D eigenvalue weighted by molar-refractivity contribution is 1.03. The highest BCUT2D eigenvalue weighted by Crippen LogP contribution is 2.38. The molecule has 28 heavy (non-hydrogen) atoms. The Kier molecular flexibility index (Phi) is 22.0. The van der Waals surface area contributed by atoms with E-state index in [1.807, 2.05) is 13.8 Å². The summed E-state index contributed by atoms with van der Waals surface area (Å²) >= 11 is 0. The van der Waals surface area contributed by atoms with Crippen molar-refractivity contribution in [1.29, 1.82) is 0 Å². The van der Waals surface area contributed by atoms with Crippen LogP contribution in [0.2, 0.25) is 0 Å². The molecular formula is C28H48. The minimum atomic E-state index is 1.10. The average molecular weight is 385 g/mol. The quantitative estimate of drug-likeness (QED) is 0.475. The standard InChI is InChI=1S/C11H14.C9H12.2C3H8.C2H6/c1-4-9(2)11-8-6-5-7-10(11)3;1-5-9-7(3)6(2)8(9)4;2*1-3-2;1-2/h4-8H,1-3H3;2-3,5H2,1,4H3;2*3H2,1-2H3;1-2H3/b9-4-;;;;. The van der Waals surface area contributed by atoms with E-state index in [1.165, 1.54) is 40.7 Å². The van der Waals surface area contributed by atoms with Gasteiger partial charge in [-0.2, -0.15) is 0 Å². The van der Waals surface area contributed by atoms with Crippen LogP contribution in [-0.2, 0) is 0 Å². The molecule has 1 aliphatic carbocycles. The van der Waals surface area contributed by atoms with Gasteiger partial charge in [0.15, 0.2) is 0 Å². The Bertz CT molecular complexity index is 607. The van der Waals surface area contributed by atoms with Crippen LogP contribution in [0.1, 0.15) is 99.6 Å². The topological polar surface area (TPSA) is 0 Å². The Morgan fingerprint density at radius 1 is 0.857 bits per heavy atom. The van der Waals surface area contributed by atoms with E-state index in [2.05, 4.69) is 106 Å². The number of rotatable bonds is 2. The van der Waals surface area contributed by atoms with Gasteiger partial charge in [-0.15, -0.1) is 0 Å². The zero-order chi connectivity index (χ0) is 22.7. The summed E-state index contributed by atoms with van der Waals surface area (Å²) in [4.78, 5) is 0. The molecule has 0 unspecified atom stereocenters. The van der Waals surface area contributed by atoms with Gasteiger partial charge < -0.3 is 0 Å². The molecule has 0 saturated heterocycles. The van der Waals surface area contributed by atoms with E-state index in [4.69, 9.17) is 0 Å². The van der Waals surface area contributed by atoms with Crippen molar-refractivity contribution >= 4 is 5.57 Å². The van der Waals surface area contributed by atoms with Crippen LogP contribution in [0, 0.1) is 6.92 Å². The summed E-state index contributed by atoms with van der Waals surface area (Å²) in [6, 6.07) is 8.45. The molecule has 0 spiro atoms. The van der Waals surface area contributed by atoms with E-state index in [0.29, 0.717) is 0 Å². The van der Waals surface area contributed by atoms with E-state index in [9.17, 15) is 0 Å². The second-order valence-electron chi connectivity index (χ2n) is 6.62. The van der Waals surface area contributed by atoms with Crippen molar-refractivity contribution in [2.24, 2.45) is 0 Å². The largest absolute Gasteiger partial charge is 0.0909 e. The average Bonchev–Trinajstić information content (AvgIpc) is 2.71. The van der Waals surface area contributed by atoms with Crippen LogP contribution in [0.4, 0.5) is 0 Å². The first-order valence-electron chi connectivity index (χ1n) is 11.0. The molecule has 0 aliphatic heterocycles. The molecule has 0 fully saturated rings. The lowest BCUT2D eigenvalue weighted by atomic mass is 9.79. The maximum atomic E-state index is 3.89. The molecule has 160 valence electrons. The summed E-state index contributed by atoms with van der Waals surface area (Å²) in [7, 11) is 0. The van der Waals surface area contributed by atoms with E-state index in [-0.39, 0.29) is 0 Å². The predicted octanol–water partition coefficient (Wildman–Crippen LogP) is 10.1. The van der Waals surface area contributed by atoms with Crippen LogP contribution >= 0.6 is 0 Å². The molecule has 1 aliphatic rings. The first kappa shape index (κ1) is 30.9. The second-order valence-corrected chi connectivity index (χ2v) is 6.62. The monoisotopic (exact) mass is 384 g/mol. The number of hydrogen-bond donors (Lipinski definition) is 0. The molecule has 0 bridgehead atoms. The molecule has 2 rings (SSSR count). The Morgan fingerprint density at radius 3 is 1.57 bits per heavy atom. The molecule has 0 heteroatoms. The van der Waals surface area contributed by atoms with Gasteiger partial charge >= 0.3 is 0 Å². The van der Waals surface area contributed by atoms with Gasteiger partial charge in [0.25, 0.3) is 0 Å². The zero-order valence-corrected chi connectivity index (χ0v) is 20.9. The maximum absolute atomic E-state index is 3.89. The number of aryl methyl sites for hydroxylation is 1. The normalized spacial score (nSPS) is 12.0. The summed E-state index contributed by atoms with van der Waals surface area (Å²) in [5, 5.41) is 0. The molecule has 0 aromatic heterocycles. The van der Waals surface area contributed by atoms with Crippen molar-refractivity contribution < 1.29 is 0 Å². The van der Waals surface area contributed by atoms with Crippen molar-refractivity contribution in [3.05, 3.63) is 76.9 Å². The SMILES string of the molecule is C/C=C(/C)c1ccccc1C.C=C1C(=C)C(CC)=C1C.CC.CCC.CCC. The van der Waals surface area contributed by atoms with Gasteiger partial charge in [0.05, 0.1) is 0 Å². The van der Waals surface area contributed by atoms with Gasteiger partial charge in [-0.3, -0.25) is 0 Å². The van der Waals surface area contributed by atoms with Crippen molar-refractivity contribution in [2.75, 3.05) is 0 Å². The predicted molar refractivity (Wildman–Crippen MR) is 135 cm³/mol. The number of allylic oxidation sites excluding steroid dienone is 6. The zero-order valence-electron chi connectivity index (χ0n) is 20.9. The fourth-order valence-electron chi connectivity index (χ4n) is 2.40. The van der Waals surface area contributed by atoms with Crippen LogP contribution in [0.25, 0.3) is 5.57 Å². The third-order valence-corrected chi connectivity index (χ3v) is 3.99. The highest BCUT2D eigenvalue weighted by molar-refractivity contribution is 5.66. The Balaban J connectivity index is -0.000000330.